The highest BCUT2D eigenvalue weighted by molar-refractivity contribution is 5.42. The van der Waals surface area contributed by atoms with Gasteiger partial charge in [0, 0.05) is 5.56 Å². The second-order valence-electron chi connectivity index (χ2n) is 5.18. The molecule has 0 aromatic heterocycles. The van der Waals surface area contributed by atoms with E-state index in [1.807, 2.05) is 30.3 Å². The molecule has 0 heterocycles. The standard InChI is InChI=1S/C18H17NO/c19-12-11-15-6-3-4-8-18(15)20-17-10-9-14-5-1-2-7-16(14)13-17/h3-4,6,8-10,13H,1-2,5,7,11H2. The van der Waals surface area contributed by atoms with Gasteiger partial charge in [-0.15, -0.1) is 0 Å². The number of fused-ring (bicyclic) bond motifs is 1. The maximum atomic E-state index is 8.86. The van der Waals surface area contributed by atoms with Crippen LogP contribution in [-0.2, 0) is 19.3 Å². The predicted octanol–water partition coefficient (Wildman–Crippen LogP) is 4.42. The summed E-state index contributed by atoms with van der Waals surface area (Å²) in [5, 5.41) is 8.86. The Morgan fingerprint density at radius 3 is 2.65 bits per heavy atom. The van der Waals surface area contributed by atoms with E-state index in [9.17, 15) is 0 Å². The summed E-state index contributed by atoms with van der Waals surface area (Å²) < 4.78 is 5.98. The van der Waals surface area contributed by atoms with Gasteiger partial charge in [0.2, 0.25) is 0 Å². The molecular weight excluding hydrogens is 246 g/mol. The van der Waals surface area contributed by atoms with Gasteiger partial charge in [-0.05, 0) is 55.0 Å². The van der Waals surface area contributed by atoms with Crippen LogP contribution in [0.1, 0.15) is 29.5 Å². The summed E-state index contributed by atoms with van der Waals surface area (Å²) >= 11 is 0. The number of ether oxygens (including phenoxy) is 1. The Bertz CT molecular complexity index is 655. The van der Waals surface area contributed by atoms with Crippen LogP contribution >= 0.6 is 0 Å². The number of hydrogen-bond donors (Lipinski definition) is 0. The lowest BCUT2D eigenvalue weighted by atomic mass is 9.92. The number of benzene rings is 2. The summed E-state index contributed by atoms with van der Waals surface area (Å²) in [4.78, 5) is 0. The molecular formula is C18H17NO. The predicted molar refractivity (Wildman–Crippen MR) is 78.9 cm³/mol. The Hall–Kier alpha value is -2.27. The van der Waals surface area contributed by atoms with Gasteiger partial charge in [-0.1, -0.05) is 24.3 Å². The molecule has 0 radical (unpaired) electrons. The maximum absolute atomic E-state index is 8.86. The van der Waals surface area contributed by atoms with Crippen LogP contribution < -0.4 is 4.74 Å². The first-order valence-corrected chi connectivity index (χ1v) is 7.11. The zero-order valence-corrected chi connectivity index (χ0v) is 11.4. The van der Waals surface area contributed by atoms with Gasteiger partial charge in [0.25, 0.3) is 0 Å². The third kappa shape index (κ3) is 2.67. The minimum atomic E-state index is 0.376. The van der Waals surface area contributed by atoms with Gasteiger partial charge >= 0.3 is 0 Å². The Morgan fingerprint density at radius 1 is 1.00 bits per heavy atom. The van der Waals surface area contributed by atoms with Gasteiger partial charge in [0.15, 0.2) is 0 Å². The molecule has 3 rings (SSSR count). The lowest BCUT2D eigenvalue weighted by Gasteiger charge is -2.17. The van der Waals surface area contributed by atoms with Crippen LogP contribution in [-0.4, -0.2) is 0 Å². The van der Waals surface area contributed by atoms with Crippen LogP contribution in [0.4, 0.5) is 0 Å². The Kier molecular flexibility index (Phi) is 3.69. The van der Waals surface area contributed by atoms with E-state index in [1.165, 1.54) is 30.4 Å². The number of hydrogen-bond acceptors (Lipinski definition) is 2. The average Bonchev–Trinajstić information content (AvgIpc) is 2.49. The van der Waals surface area contributed by atoms with E-state index >= 15 is 0 Å². The van der Waals surface area contributed by atoms with Crippen LogP contribution in [0.5, 0.6) is 11.5 Å². The summed E-state index contributed by atoms with van der Waals surface area (Å²) in [5.74, 6) is 1.65. The van der Waals surface area contributed by atoms with Crippen molar-refractivity contribution in [3.63, 3.8) is 0 Å². The molecule has 2 heteroatoms. The molecule has 1 aliphatic carbocycles. The van der Waals surface area contributed by atoms with E-state index in [1.54, 1.807) is 0 Å². The molecule has 0 amide bonds. The Labute approximate surface area is 119 Å². The molecule has 0 atom stereocenters. The summed E-state index contributed by atoms with van der Waals surface area (Å²) in [6.45, 7) is 0. The van der Waals surface area contributed by atoms with Gasteiger partial charge in [0.05, 0.1) is 12.5 Å². The fourth-order valence-corrected chi connectivity index (χ4v) is 2.73. The second kappa shape index (κ2) is 5.79. The van der Waals surface area contributed by atoms with Crippen molar-refractivity contribution >= 4 is 0 Å². The number of nitrogens with zero attached hydrogens (tertiary/aromatic N) is 1. The first kappa shape index (κ1) is 12.7. The highest BCUT2D eigenvalue weighted by Crippen LogP contribution is 2.30. The molecule has 2 aromatic carbocycles. The van der Waals surface area contributed by atoms with Crippen molar-refractivity contribution in [2.75, 3.05) is 0 Å². The molecule has 2 aromatic rings. The molecule has 2 nitrogen and oxygen atoms in total. The van der Waals surface area contributed by atoms with E-state index in [0.29, 0.717) is 6.42 Å². The molecule has 0 saturated heterocycles. The lowest BCUT2D eigenvalue weighted by molar-refractivity contribution is 0.476. The quantitative estimate of drug-likeness (QED) is 0.821. The molecule has 0 spiro atoms. The van der Waals surface area contributed by atoms with Gasteiger partial charge in [-0.25, -0.2) is 0 Å². The van der Waals surface area contributed by atoms with E-state index in [4.69, 9.17) is 10.00 Å². The average molecular weight is 263 g/mol. The van der Waals surface area contributed by atoms with Crippen molar-refractivity contribution < 1.29 is 4.74 Å². The monoisotopic (exact) mass is 263 g/mol. The number of nitriles is 1. The van der Waals surface area contributed by atoms with Crippen LogP contribution in [0, 0.1) is 11.3 Å². The van der Waals surface area contributed by atoms with Crippen molar-refractivity contribution in [3.8, 4) is 17.6 Å². The Morgan fingerprint density at radius 2 is 1.80 bits per heavy atom. The zero-order valence-electron chi connectivity index (χ0n) is 11.4. The van der Waals surface area contributed by atoms with Crippen molar-refractivity contribution in [2.45, 2.75) is 32.1 Å². The first-order valence-electron chi connectivity index (χ1n) is 7.11. The van der Waals surface area contributed by atoms with Gasteiger partial charge in [-0.2, -0.15) is 5.26 Å². The molecule has 1 aliphatic rings. The van der Waals surface area contributed by atoms with Crippen LogP contribution in [0.2, 0.25) is 0 Å². The summed E-state index contributed by atoms with van der Waals surface area (Å²) in [6, 6.07) is 16.3. The van der Waals surface area contributed by atoms with E-state index in [2.05, 4.69) is 18.2 Å². The first-order chi connectivity index (χ1) is 9.86. The molecule has 0 unspecified atom stereocenters. The fraction of sp³-hybridized carbons (Fsp3) is 0.278. The molecule has 100 valence electrons. The molecule has 0 fully saturated rings. The highest BCUT2D eigenvalue weighted by atomic mass is 16.5. The molecule has 20 heavy (non-hydrogen) atoms. The minimum Gasteiger partial charge on any atom is -0.457 e. The van der Waals surface area contributed by atoms with E-state index in [0.717, 1.165) is 23.5 Å². The topological polar surface area (TPSA) is 33.0 Å². The number of para-hydroxylation sites is 1. The Balaban J connectivity index is 1.86. The normalized spacial score (nSPS) is 13.3. The number of aryl methyl sites for hydroxylation is 2. The number of rotatable bonds is 3. The van der Waals surface area contributed by atoms with Crippen molar-refractivity contribution in [1.82, 2.24) is 0 Å². The zero-order chi connectivity index (χ0) is 13.8. The summed E-state index contributed by atoms with van der Waals surface area (Å²) in [5.41, 5.74) is 3.80. The van der Waals surface area contributed by atoms with Crippen LogP contribution in [0.25, 0.3) is 0 Å². The summed E-state index contributed by atoms with van der Waals surface area (Å²) in [7, 11) is 0. The van der Waals surface area contributed by atoms with Gasteiger partial charge in [0.1, 0.15) is 11.5 Å². The maximum Gasteiger partial charge on any atom is 0.131 e. The molecule has 0 aliphatic heterocycles. The SMILES string of the molecule is N#CCc1ccccc1Oc1ccc2c(c1)CCCC2. The molecule has 0 N–H and O–H groups in total. The van der Waals surface area contributed by atoms with Gasteiger partial charge < -0.3 is 4.74 Å². The second-order valence-corrected chi connectivity index (χ2v) is 5.18. The van der Waals surface area contributed by atoms with Crippen LogP contribution in [0.3, 0.4) is 0 Å². The van der Waals surface area contributed by atoms with E-state index < -0.39 is 0 Å². The largest absolute Gasteiger partial charge is 0.457 e. The molecule has 0 saturated carbocycles. The lowest BCUT2D eigenvalue weighted by Crippen LogP contribution is -2.02. The molecule has 0 bridgehead atoms. The third-order valence-electron chi connectivity index (χ3n) is 3.79. The summed E-state index contributed by atoms with van der Waals surface area (Å²) in [6.07, 6.45) is 5.26. The van der Waals surface area contributed by atoms with Crippen molar-refractivity contribution in [1.29, 1.82) is 5.26 Å². The van der Waals surface area contributed by atoms with Crippen LogP contribution in [0.15, 0.2) is 42.5 Å². The van der Waals surface area contributed by atoms with Gasteiger partial charge in [-0.3, -0.25) is 0 Å². The van der Waals surface area contributed by atoms with E-state index in [-0.39, 0.29) is 0 Å². The highest BCUT2D eigenvalue weighted by Gasteiger charge is 2.11. The smallest absolute Gasteiger partial charge is 0.131 e. The fourth-order valence-electron chi connectivity index (χ4n) is 2.73. The third-order valence-corrected chi connectivity index (χ3v) is 3.79. The minimum absolute atomic E-state index is 0.376. The van der Waals surface area contributed by atoms with Crippen molar-refractivity contribution in [3.05, 3.63) is 59.2 Å². The van der Waals surface area contributed by atoms with Crippen molar-refractivity contribution in [2.24, 2.45) is 0 Å².